The summed E-state index contributed by atoms with van der Waals surface area (Å²) in [5.41, 5.74) is 0.637. The van der Waals surface area contributed by atoms with Gasteiger partial charge in [0.05, 0.1) is 18.4 Å². The molecule has 0 aromatic heterocycles. The highest BCUT2D eigenvalue weighted by molar-refractivity contribution is 6.31. The van der Waals surface area contributed by atoms with Crippen molar-refractivity contribution in [3.8, 4) is 11.5 Å². The summed E-state index contributed by atoms with van der Waals surface area (Å²) in [7, 11) is 1.46. The lowest BCUT2D eigenvalue weighted by molar-refractivity contribution is -0.131. The van der Waals surface area contributed by atoms with Crippen molar-refractivity contribution in [1.82, 2.24) is 0 Å². The van der Waals surface area contributed by atoms with Crippen LogP contribution in [0.2, 0.25) is 5.02 Å². The second-order valence-corrected chi connectivity index (χ2v) is 5.59. The summed E-state index contributed by atoms with van der Waals surface area (Å²) in [4.78, 5) is 35.7. The second kappa shape index (κ2) is 7.81. The largest absolute Gasteiger partial charge is 0.497 e. The number of ketones is 1. The number of nitrogens with one attached hydrogen (secondary N) is 1. The zero-order valence-electron chi connectivity index (χ0n) is 13.9. The quantitative estimate of drug-likeness (QED) is 0.501. The highest BCUT2D eigenvalue weighted by Gasteiger charge is 2.20. The molecule has 2 aromatic rings. The van der Waals surface area contributed by atoms with E-state index in [1.807, 2.05) is 0 Å². The molecule has 7 heteroatoms. The average molecular weight is 362 g/mol. The fourth-order valence-electron chi connectivity index (χ4n) is 2.20. The van der Waals surface area contributed by atoms with Gasteiger partial charge in [0.15, 0.2) is 5.78 Å². The predicted octanol–water partition coefficient (Wildman–Crippen LogP) is 3.46. The molecule has 0 radical (unpaired) electrons. The van der Waals surface area contributed by atoms with Gasteiger partial charge >= 0.3 is 5.97 Å². The Labute approximate surface area is 149 Å². The van der Waals surface area contributed by atoms with Crippen LogP contribution in [0, 0.1) is 0 Å². The zero-order valence-corrected chi connectivity index (χ0v) is 14.6. The number of carbonyl (C=O) groups is 3. The number of hydrogen-bond donors (Lipinski definition) is 1. The van der Waals surface area contributed by atoms with Crippen molar-refractivity contribution in [1.29, 1.82) is 0 Å². The van der Waals surface area contributed by atoms with Crippen LogP contribution in [-0.4, -0.2) is 24.8 Å². The Balaban J connectivity index is 2.55. The van der Waals surface area contributed by atoms with Crippen molar-refractivity contribution in [2.45, 2.75) is 13.8 Å². The van der Waals surface area contributed by atoms with Gasteiger partial charge in [-0.3, -0.25) is 14.4 Å². The van der Waals surface area contributed by atoms with Gasteiger partial charge in [-0.05, 0) is 30.3 Å². The number of anilines is 1. The maximum absolute atomic E-state index is 13.0. The zero-order chi connectivity index (χ0) is 18.6. The summed E-state index contributed by atoms with van der Waals surface area (Å²) in [6, 6.07) is 9.03. The first-order valence-corrected chi connectivity index (χ1v) is 7.68. The van der Waals surface area contributed by atoms with Gasteiger partial charge in [-0.15, -0.1) is 0 Å². The number of methoxy groups -OCH3 is 1. The number of amides is 1. The highest BCUT2D eigenvalue weighted by atomic mass is 35.5. The minimum atomic E-state index is -0.574. The van der Waals surface area contributed by atoms with Crippen molar-refractivity contribution in [2.75, 3.05) is 12.4 Å². The summed E-state index contributed by atoms with van der Waals surface area (Å²) in [5, 5.41) is 2.92. The molecule has 0 heterocycles. The molecule has 0 bridgehead atoms. The van der Waals surface area contributed by atoms with Crippen LogP contribution in [0.4, 0.5) is 5.69 Å². The minimum Gasteiger partial charge on any atom is -0.497 e. The Morgan fingerprint density at radius 3 is 2.32 bits per heavy atom. The number of hydrogen-bond acceptors (Lipinski definition) is 5. The summed E-state index contributed by atoms with van der Waals surface area (Å²) in [6.07, 6.45) is 0. The first-order chi connectivity index (χ1) is 11.8. The van der Waals surface area contributed by atoms with E-state index >= 15 is 0 Å². The maximum Gasteiger partial charge on any atom is 0.308 e. The van der Waals surface area contributed by atoms with Crippen molar-refractivity contribution < 1.29 is 23.9 Å². The molecular formula is C18H16ClNO5. The van der Waals surface area contributed by atoms with E-state index in [0.29, 0.717) is 16.5 Å². The Hall–Kier alpha value is -2.86. The van der Waals surface area contributed by atoms with E-state index in [0.717, 1.165) is 0 Å². The van der Waals surface area contributed by atoms with Crippen LogP contribution in [0.3, 0.4) is 0 Å². The molecule has 0 fully saturated rings. The number of carbonyl (C=O) groups excluding carboxylic acids is 3. The van der Waals surface area contributed by atoms with Gasteiger partial charge in [0, 0.05) is 30.5 Å². The van der Waals surface area contributed by atoms with Gasteiger partial charge in [-0.25, -0.2) is 0 Å². The molecule has 130 valence electrons. The van der Waals surface area contributed by atoms with Crippen LogP contribution in [0.25, 0.3) is 0 Å². The molecule has 2 aromatic carbocycles. The van der Waals surface area contributed by atoms with Crippen LogP contribution in [0.5, 0.6) is 11.5 Å². The van der Waals surface area contributed by atoms with Gasteiger partial charge in [0.25, 0.3) is 0 Å². The molecule has 0 aliphatic heterocycles. The first-order valence-electron chi connectivity index (χ1n) is 7.30. The smallest absolute Gasteiger partial charge is 0.308 e. The van der Waals surface area contributed by atoms with E-state index in [2.05, 4.69) is 5.32 Å². The lowest BCUT2D eigenvalue weighted by Crippen LogP contribution is -2.13. The topological polar surface area (TPSA) is 81.7 Å². The number of esters is 1. The van der Waals surface area contributed by atoms with Crippen LogP contribution in [0.15, 0.2) is 36.4 Å². The molecule has 25 heavy (non-hydrogen) atoms. The molecule has 0 aliphatic carbocycles. The number of benzene rings is 2. The molecule has 6 nitrogen and oxygen atoms in total. The fraction of sp³-hybridized carbons (Fsp3) is 0.167. The highest BCUT2D eigenvalue weighted by Crippen LogP contribution is 2.30. The predicted molar refractivity (Wildman–Crippen MR) is 93.5 cm³/mol. The Morgan fingerprint density at radius 2 is 1.72 bits per heavy atom. The van der Waals surface area contributed by atoms with E-state index < -0.39 is 11.8 Å². The third-order valence-electron chi connectivity index (χ3n) is 3.22. The molecule has 1 N–H and O–H groups in total. The molecule has 0 saturated heterocycles. The normalized spacial score (nSPS) is 10.1. The van der Waals surface area contributed by atoms with E-state index in [-0.39, 0.29) is 22.8 Å². The molecule has 0 aliphatic rings. The summed E-state index contributed by atoms with van der Waals surface area (Å²) in [6.45, 7) is 2.57. The van der Waals surface area contributed by atoms with Crippen molar-refractivity contribution >= 4 is 34.9 Å². The summed E-state index contributed by atoms with van der Waals surface area (Å²) >= 11 is 5.99. The molecule has 0 saturated carbocycles. The Bertz CT molecular complexity index is 847. The Morgan fingerprint density at radius 1 is 1.00 bits per heavy atom. The molecule has 0 unspecified atom stereocenters. The minimum absolute atomic E-state index is 0.0607. The lowest BCUT2D eigenvalue weighted by Gasteiger charge is -2.13. The first kappa shape index (κ1) is 18.5. The van der Waals surface area contributed by atoms with Crippen LogP contribution >= 0.6 is 11.6 Å². The van der Waals surface area contributed by atoms with Crippen molar-refractivity contribution in [3.63, 3.8) is 0 Å². The van der Waals surface area contributed by atoms with Gasteiger partial charge in [-0.1, -0.05) is 11.6 Å². The van der Waals surface area contributed by atoms with E-state index in [9.17, 15) is 14.4 Å². The molecule has 0 atom stereocenters. The van der Waals surface area contributed by atoms with Crippen LogP contribution < -0.4 is 14.8 Å². The van der Waals surface area contributed by atoms with Crippen LogP contribution in [0.1, 0.15) is 29.8 Å². The molecule has 1 amide bonds. The second-order valence-electron chi connectivity index (χ2n) is 5.16. The SMILES string of the molecule is COc1ccc(C(=O)c2cc(Cl)ccc2NC(C)=O)c(OC(C)=O)c1. The number of ether oxygens (including phenoxy) is 2. The monoisotopic (exact) mass is 361 g/mol. The van der Waals surface area contributed by atoms with E-state index in [1.54, 1.807) is 12.1 Å². The van der Waals surface area contributed by atoms with Crippen molar-refractivity contribution in [2.24, 2.45) is 0 Å². The third kappa shape index (κ3) is 4.58. The van der Waals surface area contributed by atoms with E-state index in [4.69, 9.17) is 21.1 Å². The molecule has 0 spiro atoms. The third-order valence-corrected chi connectivity index (χ3v) is 3.46. The van der Waals surface area contributed by atoms with Crippen LogP contribution in [-0.2, 0) is 9.59 Å². The maximum atomic E-state index is 13.0. The number of rotatable bonds is 5. The van der Waals surface area contributed by atoms with Gasteiger partial charge in [0.1, 0.15) is 11.5 Å². The van der Waals surface area contributed by atoms with E-state index in [1.165, 1.54) is 45.2 Å². The summed E-state index contributed by atoms with van der Waals surface area (Å²) in [5.74, 6) is -0.862. The van der Waals surface area contributed by atoms with Gasteiger partial charge < -0.3 is 14.8 Å². The standard InChI is InChI=1S/C18H16ClNO5/c1-10(21)20-16-7-4-12(19)8-15(16)18(23)14-6-5-13(24-3)9-17(14)25-11(2)22/h4-9H,1-3H3,(H,20,21). The van der Waals surface area contributed by atoms with Gasteiger partial charge in [0.2, 0.25) is 5.91 Å². The van der Waals surface area contributed by atoms with Crippen molar-refractivity contribution in [3.05, 3.63) is 52.5 Å². The lowest BCUT2D eigenvalue weighted by atomic mass is 10.0. The average Bonchev–Trinajstić information content (AvgIpc) is 2.54. The molecule has 2 rings (SSSR count). The van der Waals surface area contributed by atoms with Gasteiger partial charge in [-0.2, -0.15) is 0 Å². The molecular weight excluding hydrogens is 346 g/mol. The fourth-order valence-corrected chi connectivity index (χ4v) is 2.38. The number of halogens is 1. The summed E-state index contributed by atoms with van der Waals surface area (Å²) < 4.78 is 10.2. The Kier molecular flexibility index (Phi) is 5.77.